The summed E-state index contributed by atoms with van der Waals surface area (Å²) in [5.41, 5.74) is 2.30. The number of nitrogens with zero attached hydrogens (tertiary/aromatic N) is 1. The molecular weight excluding hydrogens is 295 g/mol. The lowest BCUT2D eigenvalue weighted by molar-refractivity contribution is -0.117. The second-order valence-corrected chi connectivity index (χ2v) is 5.55. The smallest absolute Gasteiger partial charge is 0.228 e. The van der Waals surface area contributed by atoms with Gasteiger partial charge in [0.1, 0.15) is 5.82 Å². The summed E-state index contributed by atoms with van der Waals surface area (Å²) < 4.78 is 12.8. The van der Waals surface area contributed by atoms with Crippen molar-refractivity contribution in [2.75, 3.05) is 16.8 Å². The molecule has 0 aromatic heterocycles. The topological polar surface area (TPSA) is 49.4 Å². The van der Waals surface area contributed by atoms with Crippen LogP contribution in [0, 0.1) is 5.82 Å². The molecule has 23 heavy (non-hydrogen) atoms. The minimum Gasteiger partial charge on any atom is -0.326 e. The standard InChI is InChI=1S/C18H17FN2O2/c19-14-5-7-15(8-6-14)20-17(22)12-13-3-9-16(10-4-13)21-11-1-2-18(21)23/h3-10H,1-2,11-12H2,(H,20,22). The molecule has 0 unspecified atom stereocenters. The highest BCUT2D eigenvalue weighted by molar-refractivity contribution is 5.95. The first-order valence-corrected chi connectivity index (χ1v) is 7.56. The van der Waals surface area contributed by atoms with E-state index in [1.807, 2.05) is 24.3 Å². The Bertz CT molecular complexity index is 711. The van der Waals surface area contributed by atoms with Gasteiger partial charge in [-0.2, -0.15) is 0 Å². The highest BCUT2D eigenvalue weighted by atomic mass is 19.1. The van der Waals surface area contributed by atoms with Gasteiger partial charge in [0.2, 0.25) is 11.8 Å². The van der Waals surface area contributed by atoms with Crippen LogP contribution in [-0.2, 0) is 16.0 Å². The molecule has 2 amide bonds. The van der Waals surface area contributed by atoms with Crippen molar-refractivity contribution in [3.05, 3.63) is 59.9 Å². The zero-order chi connectivity index (χ0) is 16.2. The maximum Gasteiger partial charge on any atom is 0.228 e. The van der Waals surface area contributed by atoms with Crippen LogP contribution >= 0.6 is 0 Å². The maximum atomic E-state index is 12.8. The molecule has 118 valence electrons. The molecule has 1 saturated heterocycles. The summed E-state index contributed by atoms with van der Waals surface area (Å²) in [7, 11) is 0. The molecule has 2 aromatic carbocycles. The Kier molecular flexibility index (Phi) is 4.37. The zero-order valence-electron chi connectivity index (χ0n) is 12.6. The molecular formula is C18H17FN2O2. The number of halogens is 1. The Balaban J connectivity index is 1.60. The molecule has 1 heterocycles. The summed E-state index contributed by atoms with van der Waals surface area (Å²) in [6.45, 7) is 0.753. The lowest BCUT2D eigenvalue weighted by Gasteiger charge is -2.15. The summed E-state index contributed by atoms with van der Waals surface area (Å²) in [6.07, 6.45) is 1.72. The maximum absolute atomic E-state index is 12.8. The number of benzene rings is 2. The van der Waals surface area contributed by atoms with Crippen molar-refractivity contribution in [3.63, 3.8) is 0 Å². The van der Waals surface area contributed by atoms with Gasteiger partial charge in [-0.25, -0.2) is 4.39 Å². The number of anilines is 2. The van der Waals surface area contributed by atoms with E-state index in [9.17, 15) is 14.0 Å². The van der Waals surface area contributed by atoms with Crippen LogP contribution in [0.2, 0.25) is 0 Å². The van der Waals surface area contributed by atoms with E-state index in [0.29, 0.717) is 12.1 Å². The molecule has 3 rings (SSSR count). The average molecular weight is 312 g/mol. The number of nitrogens with one attached hydrogen (secondary N) is 1. The van der Waals surface area contributed by atoms with Crippen LogP contribution in [0.5, 0.6) is 0 Å². The van der Waals surface area contributed by atoms with Crippen LogP contribution in [-0.4, -0.2) is 18.4 Å². The lowest BCUT2D eigenvalue weighted by Crippen LogP contribution is -2.23. The highest BCUT2D eigenvalue weighted by Gasteiger charge is 2.21. The van der Waals surface area contributed by atoms with E-state index in [2.05, 4.69) is 5.32 Å². The number of rotatable bonds is 4. The first-order chi connectivity index (χ1) is 11.1. The summed E-state index contributed by atoms with van der Waals surface area (Å²) in [5.74, 6) is -0.358. The predicted molar refractivity (Wildman–Crippen MR) is 86.8 cm³/mol. The summed E-state index contributed by atoms with van der Waals surface area (Å²) in [4.78, 5) is 25.5. The van der Waals surface area contributed by atoms with E-state index in [4.69, 9.17) is 0 Å². The number of amides is 2. The fourth-order valence-electron chi connectivity index (χ4n) is 2.64. The molecule has 0 radical (unpaired) electrons. The molecule has 4 nitrogen and oxygen atoms in total. The molecule has 2 aromatic rings. The minimum atomic E-state index is -0.338. The van der Waals surface area contributed by atoms with E-state index in [0.717, 1.165) is 24.2 Å². The summed E-state index contributed by atoms with van der Waals surface area (Å²) in [5, 5.41) is 2.72. The first-order valence-electron chi connectivity index (χ1n) is 7.56. The van der Waals surface area contributed by atoms with Crippen molar-refractivity contribution in [3.8, 4) is 0 Å². The molecule has 1 aliphatic heterocycles. The van der Waals surface area contributed by atoms with Gasteiger partial charge in [-0.05, 0) is 48.4 Å². The fraction of sp³-hybridized carbons (Fsp3) is 0.222. The molecule has 0 aliphatic carbocycles. The van der Waals surface area contributed by atoms with E-state index >= 15 is 0 Å². The van der Waals surface area contributed by atoms with E-state index < -0.39 is 0 Å². The van der Waals surface area contributed by atoms with Gasteiger partial charge in [0.15, 0.2) is 0 Å². The zero-order valence-corrected chi connectivity index (χ0v) is 12.6. The third-order valence-corrected chi connectivity index (χ3v) is 3.81. The Morgan fingerprint density at radius 2 is 1.78 bits per heavy atom. The second kappa shape index (κ2) is 6.60. The van der Waals surface area contributed by atoms with Crippen molar-refractivity contribution in [2.45, 2.75) is 19.3 Å². The van der Waals surface area contributed by atoms with Gasteiger partial charge in [0.25, 0.3) is 0 Å². The van der Waals surface area contributed by atoms with Crippen molar-refractivity contribution >= 4 is 23.2 Å². The van der Waals surface area contributed by atoms with E-state index in [1.165, 1.54) is 24.3 Å². The van der Waals surface area contributed by atoms with Gasteiger partial charge in [-0.15, -0.1) is 0 Å². The number of hydrogen-bond acceptors (Lipinski definition) is 2. The van der Waals surface area contributed by atoms with E-state index in [1.54, 1.807) is 4.90 Å². The lowest BCUT2D eigenvalue weighted by atomic mass is 10.1. The first kappa shape index (κ1) is 15.2. The van der Waals surface area contributed by atoms with Crippen molar-refractivity contribution in [1.82, 2.24) is 0 Å². The Hall–Kier alpha value is -2.69. The van der Waals surface area contributed by atoms with Crippen LogP contribution in [0.15, 0.2) is 48.5 Å². The third kappa shape index (κ3) is 3.74. The number of carbonyl (C=O) groups is 2. The van der Waals surface area contributed by atoms with Crippen molar-refractivity contribution in [2.24, 2.45) is 0 Å². The van der Waals surface area contributed by atoms with E-state index in [-0.39, 0.29) is 24.1 Å². The molecule has 1 N–H and O–H groups in total. The summed E-state index contributed by atoms with van der Waals surface area (Å²) >= 11 is 0. The molecule has 1 fully saturated rings. The molecule has 0 bridgehead atoms. The Morgan fingerprint density at radius 3 is 2.39 bits per heavy atom. The molecule has 0 atom stereocenters. The number of carbonyl (C=O) groups excluding carboxylic acids is 2. The fourth-order valence-corrected chi connectivity index (χ4v) is 2.64. The third-order valence-electron chi connectivity index (χ3n) is 3.81. The van der Waals surface area contributed by atoms with Gasteiger partial charge in [0, 0.05) is 24.3 Å². The predicted octanol–water partition coefficient (Wildman–Crippen LogP) is 3.13. The van der Waals surface area contributed by atoms with Crippen LogP contribution in [0.25, 0.3) is 0 Å². The van der Waals surface area contributed by atoms with Gasteiger partial charge in [0.05, 0.1) is 6.42 Å². The highest BCUT2D eigenvalue weighted by Crippen LogP contribution is 2.21. The van der Waals surface area contributed by atoms with Crippen LogP contribution in [0.4, 0.5) is 15.8 Å². The van der Waals surface area contributed by atoms with Gasteiger partial charge in [-0.3, -0.25) is 9.59 Å². The minimum absolute atomic E-state index is 0.145. The molecule has 0 spiro atoms. The average Bonchev–Trinajstić information content (AvgIpc) is 2.96. The monoisotopic (exact) mass is 312 g/mol. The molecule has 0 saturated carbocycles. The normalized spacial score (nSPS) is 14.1. The van der Waals surface area contributed by atoms with Crippen LogP contribution < -0.4 is 10.2 Å². The Labute approximate surface area is 133 Å². The number of hydrogen-bond donors (Lipinski definition) is 1. The van der Waals surface area contributed by atoms with Crippen LogP contribution in [0.3, 0.4) is 0 Å². The largest absolute Gasteiger partial charge is 0.326 e. The second-order valence-electron chi connectivity index (χ2n) is 5.55. The van der Waals surface area contributed by atoms with Crippen molar-refractivity contribution in [1.29, 1.82) is 0 Å². The SMILES string of the molecule is O=C(Cc1ccc(N2CCCC2=O)cc1)Nc1ccc(F)cc1. The van der Waals surface area contributed by atoms with Gasteiger partial charge in [-0.1, -0.05) is 12.1 Å². The van der Waals surface area contributed by atoms with Crippen molar-refractivity contribution < 1.29 is 14.0 Å². The van der Waals surface area contributed by atoms with Gasteiger partial charge >= 0.3 is 0 Å². The molecule has 1 aliphatic rings. The Morgan fingerprint density at radius 1 is 1.09 bits per heavy atom. The quantitative estimate of drug-likeness (QED) is 0.943. The van der Waals surface area contributed by atoms with Gasteiger partial charge < -0.3 is 10.2 Å². The summed E-state index contributed by atoms with van der Waals surface area (Å²) in [6, 6.07) is 13.1. The van der Waals surface area contributed by atoms with Crippen LogP contribution in [0.1, 0.15) is 18.4 Å². The molecule has 5 heteroatoms.